The molecule has 1 amide bonds. The highest BCUT2D eigenvalue weighted by Crippen LogP contribution is 2.39. The quantitative estimate of drug-likeness (QED) is 0.231. The zero-order valence-corrected chi connectivity index (χ0v) is 16.9. The first-order chi connectivity index (χ1) is 14.2. The van der Waals surface area contributed by atoms with Crippen molar-refractivity contribution in [3.05, 3.63) is 57.1 Å². The van der Waals surface area contributed by atoms with Gasteiger partial charge in [-0.2, -0.15) is 5.10 Å². The molecule has 0 heterocycles. The molecule has 0 spiro atoms. The van der Waals surface area contributed by atoms with Gasteiger partial charge in [0.2, 0.25) is 5.75 Å². The predicted molar refractivity (Wildman–Crippen MR) is 108 cm³/mol. The van der Waals surface area contributed by atoms with Crippen molar-refractivity contribution in [2.75, 3.05) is 13.7 Å². The Labute approximate surface area is 172 Å². The number of benzene rings is 2. The van der Waals surface area contributed by atoms with E-state index in [1.165, 1.54) is 19.2 Å². The van der Waals surface area contributed by atoms with Crippen LogP contribution >= 0.6 is 0 Å². The summed E-state index contributed by atoms with van der Waals surface area (Å²) in [5.41, 5.74) is 3.62. The zero-order chi connectivity index (χ0) is 22.3. The molecule has 0 unspecified atom stereocenters. The van der Waals surface area contributed by atoms with Crippen LogP contribution in [-0.4, -0.2) is 36.7 Å². The summed E-state index contributed by atoms with van der Waals surface area (Å²) >= 11 is 0. The monoisotopic (exact) mass is 415 g/mol. The molecule has 1 N–H and O–H groups in total. The van der Waals surface area contributed by atoms with Gasteiger partial charge in [0, 0.05) is 6.92 Å². The average molecular weight is 415 g/mol. The Balaban J connectivity index is 2.12. The summed E-state index contributed by atoms with van der Waals surface area (Å²) in [5, 5.41) is 15.2. The van der Waals surface area contributed by atoms with Gasteiger partial charge in [-0.3, -0.25) is 19.7 Å². The number of hydrogen-bond donors (Lipinski definition) is 1. The summed E-state index contributed by atoms with van der Waals surface area (Å²) < 4.78 is 15.5. The number of nitrogens with zero attached hydrogens (tertiary/aromatic N) is 2. The molecule has 0 saturated heterocycles. The summed E-state index contributed by atoms with van der Waals surface area (Å²) in [5.74, 6) is -0.915. The van der Waals surface area contributed by atoms with Crippen LogP contribution in [0.3, 0.4) is 0 Å². The number of nitro groups is 1. The van der Waals surface area contributed by atoms with E-state index >= 15 is 0 Å². The molecule has 0 aliphatic rings. The van der Waals surface area contributed by atoms with Crippen molar-refractivity contribution in [3.63, 3.8) is 0 Å². The molecule has 0 aromatic heterocycles. The Morgan fingerprint density at radius 1 is 1.17 bits per heavy atom. The van der Waals surface area contributed by atoms with E-state index in [2.05, 4.69) is 10.5 Å². The van der Waals surface area contributed by atoms with E-state index in [9.17, 15) is 19.7 Å². The maximum Gasteiger partial charge on any atom is 0.323 e. The number of hydrogen-bond acceptors (Lipinski definition) is 8. The molecule has 0 aliphatic heterocycles. The number of nitro benzene ring substituents is 1. The number of amides is 1. The minimum Gasteiger partial charge on any atom is -0.488 e. The second-order valence-corrected chi connectivity index (χ2v) is 6.19. The van der Waals surface area contributed by atoms with Crippen LogP contribution < -0.4 is 19.6 Å². The van der Waals surface area contributed by atoms with Gasteiger partial charge < -0.3 is 14.2 Å². The fraction of sp³-hybridized carbons (Fsp3) is 0.250. The summed E-state index contributed by atoms with van der Waals surface area (Å²) in [4.78, 5) is 33.9. The van der Waals surface area contributed by atoms with Crippen molar-refractivity contribution >= 4 is 23.8 Å². The van der Waals surface area contributed by atoms with Gasteiger partial charge >= 0.3 is 11.7 Å². The lowest BCUT2D eigenvalue weighted by molar-refractivity contribution is -0.385. The van der Waals surface area contributed by atoms with E-state index in [1.807, 2.05) is 32.0 Å². The van der Waals surface area contributed by atoms with Gasteiger partial charge in [-0.15, -0.1) is 0 Å². The van der Waals surface area contributed by atoms with E-state index in [-0.39, 0.29) is 23.7 Å². The van der Waals surface area contributed by atoms with Crippen LogP contribution in [0.2, 0.25) is 0 Å². The topological polar surface area (TPSA) is 129 Å². The number of hydrazone groups is 1. The van der Waals surface area contributed by atoms with Crippen molar-refractivity contribution in [3.8, 4) is 17.2 Å². The summed E-state index contributed by atoms with van der Waals surface area (Å²) in [6, 6.07) is 8.27. The lowest BCUT2D eigenvalue weighted by atomic mass is 10.1. The standard InChI is InChI=1S/C20H21N3O7/c1-12-6-5-7-13(2)19(12)29-11-17(25)22-21-10-15-8-9-16(30-14(3)24)20(28-4)18(15)23(26)27/h5-10H,11H2,1-4H3,(H,22,25)/b21-10-. The number of esters is 1. The maximum absolute atomic E-state index is 12.0. The second kappa shape index (κ2) is 10.0. The van der Waals surface area contributed by atoms with Gasteiger partial charge in [-0.1, -0.05) is 18.2 Å². The molecule has 0 aliphatic carbocycles. The number of methoxy groups -OCH3 is 1. The number of nitrogens with one attached hydrogen (secondary N) is 1. The average Bonchev–Trinajstić information content (AvgIpc) is 2.67. The van der Waals surface area contributed by atoms with Crippen LogP contribution in [0.4, 0.5) is 5.69 Å². The highest BCUT2D eigenvalue weighted by molar-refractivity contribution is 5.90. The molecule has 0 radical (unpaired) electrons. The lowest BCUT2D eigenvalue weighted by Gasteiger charge is -2.11. The highest BCUT2D eigenvalue weighted by Gasteiger charge is 2.25. The van der Waals surface area contributed by atoms with E-state index in [4.69, 9.17) is 14.2 Å². The fourth-order valence-electron chi connectivity index (χ4n) is 2.66. The Morgan fingerprint density at radius 3 is 2.40 bits per heavy atom. The Bertz CT molecular complexity index is 982. The van der Waals surface area contributed by atoms with Crippen molar-refractivity contribution < 1.29 is 28.7 Å². The third-order valence-electron chi connectivity index (χ3n) is 3.92. The summed E-state index contributed by atoms with van der Waals surface area (Å²) in [6.07, 6.45) is 1.09. The highest BCUT2D eigenvalue weighted by atomic mass is 16.6. The normalized spacial score (nSPS) is 10.5. The fourth-order valence-corrected chi connectivity index (χ4v) is 2.66. The maximum atomic E-state index is 12.0. The number of para-hydroxylation sites is 1. The Morgan fingerprint density at radius 2 is 1.83 bits per heavy atom. The second-order valence-electron chi connectivity index (χ2n) is 6.19. The first-order valence-electron chi connectivity index (χ1n) is 8.79. The molecular formula is C20H21N3O7. The van der Waals surface area contributed by atoms with Crippen LogP contribution in [-0.2, 0) is 9.59 Å². The molecule has 2 aromatic carbocycles. The van der Waals surface area contributed by atoms with Crippen molar-refractivity contribution in [2.45, 2.75) is 20.8 Å². The van der Waals surface area contributed by atoms with Crippen LogP contribution in [0.15, 0.2) is 35.4 Å². The number of carbonyl (C=O) groups excluding carboxylic acids is 2. The van der Waals surface area contributed by atoms with Crippen LogP contribution in [0.1, 0.15) is 23.6 Å². The van der Waals surface area contributed by atoms with Crippen LogP contribution in [0, 0.1) is 24.0 Å². The first-order valence-corrected chi connectivity index (χ1v) is 8.79. The molecular weight excluding hydrogens is 394 g/mol. The van der Waals surface area contributed by atoms with Crippen molar-refractivity contribution in [1.29, 1.82) is 0 Å². The molecule has 10 nitrogen and oxygen atoms in total. The SMILES string of the molecule is COc1c(OC(C)=O)ccc(/C=N\NC(=O)COc2c(C)cccc2C)c1[N+](=O)[O-]. The third kappa shape index (κ3) is 5.53. The van der Waals surface area contributed by atoms with Crippen molar-refractivity contribution in [2.24, 2.45) is 5.10 Å². The van der Waals surface area contributed by atoms with Gasteiger partial charge in [-0.25, -0.2) is 5.43 Å². The van der Waals surface area contributed by atoms with Crippen LogP contribution in [0.5, 0.6) is 17.2 Å². The van der Waals surface area contributed by atoms with E-state index < -0.39 is 22.5 Å². The molecule has 2 rings (SSSR count). The zero-order valence-electron chi connectivity index (χ0n) is 16.9. The number of carbonyl (C=O) groups is 2. The van der Waals surface area contributed by atoms with Gasteiger partial charge in [0.15, 0.2) is 12.4 Å². The molecule has 10 heteroatoms. The Kier molecular flexibility index (Phi) is 7.45. The molecule has 30 heavy (non-hydrogen) atoms. The van der Waals surface area contributed by atoms with Gasteiger partial charge in [0.25, 0.3) is 5.91 Å². The smallest absolute Gasteiger partial charge is 0.323 e. The molecule has 158 valence electrons. The largest absolute Gasteiger partial charge is 0.488 e. The van der Waals surface area contributed by atoms with E-state index in [0.717, 1.165) is 24.3 Å². The lowest BCUT2D eigenvalue weighted by Crippen LogP contribution is -2.25. The third-order valence-corrected chi connectivity index (χ3v) is 3.92. The molecule has 0 atom stereocenters. The number of aryl methyl sites for hydroxylation is 2. The van der Waals surface area contributed by atoms with Gasteiger partial charge in [-0.05, 0) is 37.1 Å². The van der Waals surface area contributed by atoms with E-state index in [0.29, 0.717) is 5.75 Å². The predicted octanol–water partition coefficient (Wildman–Crippen LogP) is 2.67. The number of rotatable bonds is 8. The minimum atomic E-state index is -0.695. The molecule has 0 fully saturated rings. The van der Waals surface area contributed by atoms with Crippen molar-refractivity contribution in [1.82, 2.24) is 5.43 Å². The van der Waals surface area contributed by atoms with E-state index in [1.54, 1.807) is 0 Å². The number of ether oxygens (including phenoxy) is 3. The first kappa shape index (κ1) is 22.3. The molecule has 0 bridgehead atoms. The summed E-state index contributed by atoms with van der Waals surface area (Å²) in [6.45, 7) is 4.62. The molecule has 2 aromatic rings. The summed E-state index contributed by atoms with van der Waals surface area (Å²) in [7, 11) is 1.21. The van der Waals surface area contributed by atoms with Gasteiger partial charge in [0.1, 0.15) is 5.75 Å². The van der Waals surface area contributed by atoms with Gasteiger partial charge in [0.05, 0.1) is 23.8 Å². The molecule has 0 saturated carbocycles. The minimum absolute atomic E-state index is 0.0451. The van der Waals surface area contributed by atoms with Crippen LogP contribution in [0.25, 0.3) is 0 Å². The Hall–Kier alpha value is -3.95.